The Morgan fingerprint density at radius 2 is 2.14 bits per heavy atom. The van der Waals surface area contributed by atoms with Crippen molar-refractivity contribution in [3.05, 3.63) is 29.8 Å². The molecule has 3 rings (SSSR count). The van der Waals surface area contributed by atoms with Gasteiger partial charge in [-0.3, -0.25) is 0 Å². The van der Waals surface area contributed by atoms with E-state index in [4.69, 9.17) is 10.5 Å². The van der Waals surface area contributed by atoms with Crippen LogP contribution in [0.3, 0.4) is 0 Å². The number of benzene rings is 1. The van der Waals surface area contributed by atoms with Crippen LogP contribution in [0, 0.1) is 5.92 Å². The molecule has 1 heterocycles. The highest BCUT2D eigenvalue weighted by atomic mass is 16.5. The molecule has 1 aliphatic heterocycles. The van der Waals surface area contributed by atoms with E-state index in [-0.39, 0.29) is 5.41 Å². The summed E-state index contributed by atoms with van der Waals surface area (Å²) in [5.74, 6) is 1.52. The summed E-state index contributed by atoms with van der Waals surface area (Å²) in [7, 11) is 0. The monoisotopic (exact) mass is 289 g/mol. The van der Waals surface area contributed by atoms with Crippen molar-refractivity contribution in [3.8, 4) is 5.75 Å². The number of hydrogen-bond donors (Lipinski definition) is 2. The molecule has 116 valence electrons. The second-order valence-electron chi connectivity index (χ2n) is 6.78. The first-order chi connectivity index (χ1) is 10.1. The highest BCUT2D eigenvalue weighted by Gasteiger charge is 2.54. The van der Waals surface area contributed by atoms with Crippen LogP contribution in [0.1, 0.15) is 51.0 Å². The van der Waals surface area contributed by atoms with E-state index in [0.29, 0.717) is 19.1 Å². The number of hydrogen-bond acceptors (Lipinski definition) is 3. The van der Waals surface area contributed by atoms with E-state index in [9.17, 15) is 5.11 Å². The van der Waals surface area contributed by atoms with E-state index in [1.807, 2.05) is 18.2 Å². The molecule has 0 amide bonds. The highest BCUT2D eigenvalue weighted by Crippen LogP contribution is 2.52. The molecule has 21 heavy (non-hydrogen) atoms. The first kappa shape index (κ1) is 14.9. The Morgan fingerprint density at radius 1 is 1.33 bits per heavy atom. The minimum Gasteiger partial charge on any atom is -0.493 e. The molecular formula is C18H27NO2. The van der Waals surface area contributed by atoms with Gasteiger partial charge in [0.25, 0.3) is 0 Å². The van der Waals surface area contributed by atoms with Crippen LogP contribution in [0.15, 0.2) is 24.3 Å². The second kappa shape index (κ2) is 5.62. The van der Waals surface area contributed by atoms with Crippen LogP contribution in [-0.4, -0.2) is 23.9 Å². The third-order valence-corrected chi connectivity index (χ3v) is 5.83. The molecule has 1 saturated carbocycles. The Kier molecular flexibility index (Phi) is 3.98. The van der Waals surface area contributed by atoms with Crippen LogP contribution < -0.4 is 10.5 Å². The summed E-state index contributed by atoms with van der Waals surface area (Å²) in [5.41, 5.74) is 6.30. The summed E-state index contributed by atoms with van der Waals surface area (Å²) in [5, 5.41) is 11.6. The van der Waals surface area contributed by atoms with Gasteiger partial charge in [0, 0.05) is 17.5 Å². The van der Waals surface area contributed by atoms with Crippen molar-refractivity contribution in [2.45, 2.75) is 56.5 Å². The molecule has 2 aliphatic rings. The quantitative estimate of drug-likeness (QED) is 0.899. The molecule has 3 unspecified atom stereocenters. The Morgan fingerprint density at radius 3 is 2.90 bits per heavy atom. The van der Waals surface area contributed by atoms with Crippen LogP contribution in [0.4, 0.5) is 0 Å². The lowest BCUT2D eigenvalue weighted by molar-refractivity contribution is -0.0927. The van der Waals surface area contributed by atoms with E-state index in [2.05, 4.69) is 13.0 Å². The van der Waals surface area contributed by atoms with Crippen LogP contribution in [0.5, 0.6) is 5.75 Å². The Bertz CT molecular complexity index is 504. The van der Waals surface area contributed by atoms with E-state index in [1.54, 1.807) is 0 Å². The van der Waals surface area contributed by atoms with Crippen molar-refractivity contribution in [1.29, 1.82) is 0 Å². The van der Waals surface area contributed by atoms with E-state index in [1.165, 1.54) is 6.42 Å². The first-order valence-corrected chi connectivity index (χ1v) is 8.30. The average Bonchev–Trinajstić information content (AvgIpc) is 2.54. The highest BCUT2D eigenvalue weighted by molar-refractivity contribution is 5.44. The summed E-state index contributed by atoms with van der Waals surface area (Å²) in [6, 6.07) is 8.11. The predicted molar refractivity (Wildman–Crippen MR) is 84.5 cm³/mol. The van der Waals surface area contributed by atoms with Crippen molar-refractivity contribution < 1.29 is 9.84 Å². The number of nitrogens with two attached hydrogens (primary N) is 1. The van der Waals surface area contributed by atoms with Crippen LogP contribution >= 0.6 is 0 Å². The SMILES string of the molecule is CCC1CCCC(O)(C2(CN)CCOc3ccccc32)C1. The van der Waals surface area contributed by atoms with E-state index in [0.717, 1.165) is 43.4 Å². The Labute approximate surface area is 127 Å². The van der Waals surface area contributed by atoms with Gasteiger partial charge in [-0.25, -0.2) is 0 Å². The average molecular weight is 289 g/mol. The zero-order valence-electron chi connectivity index (χ0n) is 13.0. The van der Waals surface area contributed by atoms with Crippen LogP contribution in [0.25, 0.3) is 0 Å². The van der Waals surface area contributed by atoms with Crippen molar-refractivity contribution in [2.24, 2.45) is 11.7 Å². The van der Waals surface area contributed by atoms with Gasteiger partial charge in [0.1, 0.15) is 5.75 Å². The molecule has 1 aromatic rings. The fourth-order valence-corrected chi connectivity index (χ4v) is 4.49. The molecule has 1 aromatic carbocycles. The fourth-order valence-electron chi connectivity index (χ4n) is 4.49. The Balaban J connectivity index is 2.05. The maximum Gasteiger partial charge on any atom is 0.123 e. The molecule has 3 heteroatoms. The first-order valence-electron chi connectivity index (χ1n) is 8.30. The van der Waals surface area contributed by atoms with E-state index < -0.39 is 5.60 Å². The molecule has 0 saturated heterocycles. The van der Waals surface area contributed by atoms with Gasteiger partial charge in [0.05, 0.1) is 12.2 Å². The summed E-state index contributed by atoms with van der Waals surface area (Å²) < 4.78 is 5.80. The minimum absolute atomic E-state index is 0.352. The molecule has 3 nitrogen and oxygen atoms in total. The number of rotatable bonds is 3. The normalized spacial score (nSPS) is 35.9. The van der Waals surface area contributed by atoms with Crippen molar-refractivity contribution >= 4 is 0 Å². The van der Waals surface area contributed by atoms with Gasteiger partial charge < -0.3 is 15.6 Å². The number of para-hydroxylation sites is 1. The Hall–Kier alpha value is -1.06. The zero-order chi connectivity index (χ0) is 14.9. The lowest BCUT2D eigenvalue weighted by Crippen LogP contribution is -2.59. The van der Waals surface area contributed by atoms with Gasteiger partial charge in [-0.2, -0.15) is 0 Å². The molecule has 1 aliphatic carbocycles. The van der Waals surface area contributed by atoms with Gasteiger partial charge >= 0.3 is 0 Å². The third-order valence-electron chi connectivity index (χ3n) is 5.83. The van der Waals surface area contributed by atoms with Gasteiger partial charge in [-0.05, 0) is 31.2 Å². The zero-order valence-corrected chi connectivity index (χ0v) is 13.0. The molecular weight excluding hydrogens is 262 g/mol. The molecule has 0 aromatic heterocycles. The summed E-state index contributed by atoms with van der Waals surface area (Å²) in [6.07, 6.45) is 6.01. The molecule has 0 radical (unpaired) electrons. The van der Waals surface area contributed by atoms with E-state index >= 15 is 0 Å². The van der Waals surface area contributed by atoms with Crippen LogP contribution in [-0.2, 0) is 5.41 Å². The largest absolute Gasteiger partial charge is 0.493 e. The molecule has 1 fully saturated rings. The van der Waals surface area contributed by atoms with Crippen molar-refractivity contribution in [2.75, 3.05) is 13.2 Å². The summed E-state index contributed by atoms with van der Waals surface area (Å²) in [4.78, 5) is 0. The van der Waals surface area contributed by atoms with Gasteiger partial charge in [0.15, 0.2) is 0 Å². The number of ether oxygens (including phenoxy) is 1. The molecule has 0 bridgehead atoms. The smallest absolute Gasteiger partial charge is 0.123 e. The minimum atomic E-state index is -0.694. The van der Waals surface area contributed by atoms with Crippen LogP contribution in [0.2, 0.25) is 0 Å². The predicted octanol–water partition coefficient (Wildman–Crippen LogP) is 3.00. The van der Waals surface area contributed by atoms with Crippen molar-refractivity contribution in [3.63, 3.8) is 0 Å². The fraction of sp³-hybridized carbons (Fsp3) is 0.667. The van der Waals surface area contributed by atoms with Crippen molar-refractivity contribution in [1.82, 2.24) is 0 Å². The maximum atomic E-state index is 11.6. The summed E-state index contributed by atoms with van der Waals surface area (Å²) in [6.45, 7) is 3.36. The number of fused-ring (bicyclic) bond motifs is 1. The van der Waals surface area contributed by atoms with Gasteiger partial charge in [0.2, 0.25) is 0 Å². The van der Waals surface area contributed by atoms with Gasteiger partial charge in [-0.1, -0.05) is 44.4 Å². The second-order valence-corrected chi connectivity index (χ2v) is 6.78. The lowest BCUT2D eigenvalue weighted by Gasteiger charge is -2.52. The lowest BCUT2D eigenvalue weighted by atomic mass is 9.57. The maximum absolute atomic E-state index is 11.6. The topological polar surface area (TPSA) is 55.5 Å². The number of aliphatic hydroxyl groups is 1. The van der Waals surface area contributed by atoms with Gasteiger partial charge in [-0.15, -0.1) is 0 Å². The molecule has 3 N–H and O–H groups in total. The standard InChI is InChI=1S/C18H27NO2/c1-2-14-6-5-9-18(20,12-14)17(13-19)10-11-21-16-8-4-3-7-15(16)17/h3-4,7-8,14,20H,2,5-6,9-13,19H2,1H3. The third kappa shape index (κ3) is 2.27. The molecule has 3 atom stereocenters. The summed E-state index contributed by atoms with van der Waals surface area (Å²) >= 11 is 0. The molecule has 0 spiro atoms.